The van der Waals surface area contributed by atoms with E-state index in [2.05, 4.69) is 40.5 Å². The van der Waals surface area contributed by atoms with E-state index in [0.29, 0.717) is 12.5 Å². The van der Waals surface area contributed by atoms with E-state index in [1.165, 1.54) is 24.8 Å². The van der Waals surface area contributed by atoms with Crippen LogP contribution in [-0.4, -0.2) is 29.9 Å². The molecule has 3 N–H and O–H groups in total. The number of hydrogen-bond acceptors (Lipinski definition) is 3. The fourth-order valence-electron chi connectivity index (χ4n) is 3.67. The van der Waals surface area contributed by atoms with E-state index in [1.54, 1.807) is 0 Å². The molecule has 4 heteroatoms. The van der Waals surface area contributed by atoms with Crippen LogP contribution in [0.25, 0.3) is 0 Å². The van der Waals surface area contributed by atoms with Gasteiger partial charge in [-0.05, 0) is 49.1 Å². The molecule has 0 aromatic heterocycles. The minimum atomic E-state index is 0.0835. The molecule has 1 amide bonds. The number of benzene rings is 2. The lowest BCUT2D eigenvalue weighted by Crippen LogP contribution is -2.41. The van der Waals surface area contributed by atoms with Crippen molar-refractivity contribution in [1.29, 1.82) is 0 Å². The van der Waals surface area contributed by atoms with E-state index in [1.807, 2.05) is 24.3 Å². The van der Waals surface area contributed by atoms with E-state index in [9.17, 15) is 4.79 Å². The maximum Gasteiger partial charge on any atom is 0.224 e. The molecule has 138 valence electrons. The predicted molar refractivity (Wildman–Crippen MR) is 107 cm³/mol. The molecule has 1 aliphatic rings. The van der Waals surface area contributed by atoms with Gasteiger partial charge in [-0.2, -0.15) is 0 Å². The second-order valence-electron chi connectivity index (χ2n) is 7.16. The average molecular weight is 351 g/mol. The Hall–Kier alpha value is -2.33. The minimum absolute atomic E-state index is 0.0835. The summed E-state index contributed by atoms with van der Waals surface area (Å²) >= 11 is 0. The molecule has 0 aliphatic carbocycles. The third-order valence-electron chi connectivity index (χ3n) is 5.12. The number of hydrogen-bond donors (Lipinski definition) is 2. The molecule has 0 unspecified atom stereocenters. The standard InChI is InChI=1S/C22H29N3O/c23-20-11-9-18(10-12-20)16-22(26)24-14-13-21-8-4-5-15-25(21)17-19-6-2-1-3-7-19/h1-3,6-7,9-12,21H,4-5,8,13-17,23H2,(H,24,26)/t21-/m1/s1. The maximum absolute atomic E-state index is 12.2. The molecule has 1 atom stereocenters. The molecule has 2 aromatic rings. The summed E-state index contributed by atoms with van der Waals surface area (Å²) in [6.07, 6.45) is 5.21. The molecular weight excluding hydrogens is 322 g/mol. The second kappa shape index (κ2) is 9.39. The van der Waals surface area contributed by atoms with Crippen LogP contribution in [0.3, 0.4) is 0 Å². The van der Waals surface area contributed by atoms with Crippen molar-refractivity contribution in [2.45, 2.75) is 44.7 Å². The first-order chi connectivity index (χ1) is 12.7. The van der Waals surface area contributed by atoms with Gasteiger partial charge in [-0.1, -0.05) is 48.9 Å². The van der Waals surface area contributed by atoms with E-state index >= 15 is 0 Å². The Morgan fingerprint density at radius 2 is 1.81 bits per heavy atom. The monoisotopic (exact) mass is 351 g/mol. The van der Waals surface area contributed by atoms with E-state index in [0.717, 1.165) is 37.3 Å². The van der Waals surface area contributed by atoms with Crippen LogP contribution >= 0.6 is 0 Å². The molecule has 26 heavy (non-hydrogen) atoms. The van der Waals surface area contributed by atoms with Gasteiger partial charge in [0, 0.05) is 24.8 Å². The number of nitrogens with two attached hydrogens (primary N) is 1. The topological polar surface area (TPSA) is 58.4 Å². The smallest absolute Gasteiger partial charge is 0.224 e. The van der Waals surface area contributed by atoms with Crippen molar-refractivity contribution in [3.8, 4) is 0 Å². The fourth-order valence-corrected chi connectivity index (χ4v) is 3.67. The Balaban J connectivity index is 1.44. The quantitative estimate of drug-likeness (QED) is 0.752. The summed E-state index contributed by atoms with van der Waals surface area (Å²) in [6.45, 7) is 2.90. The van der Waals surface area contributed by atoms with Gasteiger partial charge < -0.3 is 11.1 Å². The summed E-state index contributed by atoms with van der Waals surface area (Å²) in [5.41, 5.74) is 8.78. The van der Waals surface area contributed by atoms with E-state index in [4.69, 9.17) is 5.73 Å². The Morgan fingerprint density at radius 1 is 1.04 bits per heavy atom. The van der Waals surface area contributed by atoms with Gasteiger partial charge in [-0.25, -0.2) is 0 Å². The molecule has 0 bridgehead atoms. The van der Waals surface area contributed by atoms with Gasteiger partial charge in [0.25, 0.3) is 0 Å². The zero-order valence-corrected chi connectivity index (χ0v) is 15.4. The lowest BCUT2D eigenvalue weighted by Gasteiger charge is -2.36. The van der Waals surface area contributed by atoms with Gasteiger partial charge in [0.05, 0.1) is 6.42 Å². The Labute approximate surface area is 156 Å². The highest BCUT2D eigenvalue weighted by Crippen LogP contribution is 2.21. The van der Waals surface area contributed by atoms with Crippen molar-refractivity contribution >= 4 is 11.6 Å². The number of rotatable bonds is 7. The molecule has 0 saturated carbocycles. The molecule has 1 fully saturated rings. The van der Waals surface area contributed by atoms with Crippen LogP contribution in [0.1, 0.15) is 36.8 Å². The summed E-state index contributed by atoms with van der Waals surface area (Å²) in [5, 5.41) is 3.08. The van der Waals surface area contributed by atoms with Crippen LogP contribution in [0, 0.1) is 0 Å². The molecular formula is C22H29N3O. The lowest BCUT2D eigenvalue weighted by atomic mass is 9.98. The Morgan fingerprint density at radius 3 is 2.58 bits per heavy atom. The Bertz CT molecular complexity index is 684. The van der Waals surface area contributed by atoms with Crippen molar-refractivity contribution in [1.82, 2.24) is 10.2 Å². The zero-order chi connectivity index (χ0) is 18.2. The van der Waals surface area contributed by atoms with Crippen LogP contribution < -0.4 is 11.1 Å². The summed E-state index contributed by atoms with van der Waals surface area (Å²) in [7, 11) is 0. The normalized spacial score (nSPS) is 17.8. The number of anilines is 1. The first kappa shape index (κ1) is 18.5. The SMILES string of the molecule is Nc1ccc(CC(=O)NCC[C@H]2CCCCN2Cc2ccccc2)cc1. The van der Waals surface area contributed by atoms with Crippen molar-refractivity contribution in [3.63, 3.8) is 0 Å². The Kier molecular flexibility index (Phi) is 6.67. The van der Waals surface area contributed by atoms with Crippen LogP contribution in [0.5, 0.6) is 0 Å². The van der Waals surface area contributed by atoms with Gasteiger partial charge in [-0.3, -0.25) is 9.69 Å². The number of carbonyl (C=O) groups is 1. The maximum atomic E-state index is 12.2. The number of likely N-dealkylation sites (tertiary alicyclic amines) is 1. The van der Waals surface area contributed by atoms with Crippen molar-refractivity contribution in [2.24, 2.45) is 0 Å². The summed E-state index contributed by atoms with van der Waals surface area (Å²) in [6, 6.07) is 18.7. The minimum Gasteiger partial charge on any atom is -0.399 e. The van der Waals surface area contributed by atoms with E-state index in [-0.39, 0.29) is 5.91 Å². The first-order valence-corrected chi connectivity index (χ1v) is 9.60. The molecule has 1 aliphatic heterocycles. The summed E-state index contributed by atoms with van der Waals surface area (Å²) in [4.78, 5) is 14.7. The van der Waals surface area contributed by atoms with Crippen molar-refractivity contribution in [2.75, 3.05) is 18.8 Å². The third-order valence-corrected chi connectivity index (χ3v) is 5.12. The average Bonchev–Trinajstić information content (AvgIpc) is 2.66. The second-order valence-corrected chi connectivity index (χ2v) is 7.16. The number of amides is 1. The van der Waals surface area contributed by atoms with Crippen molar-refractivity contribution in [3.05, 3.63) is 65.7 Å². The molecule has 2 aromatic carbocycles. The van der Waals surface area contributed by atoms with Crippen LogP contribution in [0.15, 0.2) is 54.6 Å². The number of nitrogens with one attached hydrogen (secondary N) is 1. The molecule has 4 nitrogen and oxygen atoms in total. The largest absolute Gasteiger partial charge is 0.399 e. The number of carbonyl (C=O) groups excluding carboxylic acids is 1. The first-order valence-electron chi connectivity index (χ1n) is 9.60. The summed E-state index contributed by atoms with van der Waals surface area (Å²) in [5.74, 6) is 0.0835. The van der Waals surface area contributed by atoms with Crippen LogP contribution in [-0.2, 0) is 17.8 Å². The highest BCUT2D eigenvalue weighted by atomic mass is 16.1. The predicted octanol–water partition coefficient (Wildman–Crippen LogP) is 3.37. The van der Waals surface area contributed by atoms with Gasteiger partial charge in [0.1, 0.15) is 0 Å². The number of nitrogen functional groups attached to an aromatic ring is 1. The van der Waals surface area contributed by atoms with Gasteiger partial charge in [0.2, 0.25) is 5.91 Å². The highest BCUT2D eigenvalue weighted by molar-refractivity contribution is 5.78. The lowest BCUT2D eigenvalue weighted by molar-refractivity contribution is -0.120. The molecule has 1 heterocycles. The molecule has 1 saturated heterocycles. The molecule has 3 rings (SSSR count). The van der Waals surface area contributed by atoms with Crippen LogP contribution in [0.4, 0.5) is 5.69 Å². The summed E-state index contributed by atoms with van der Waals surface area (Å²) < 4.78 is 0. The van der Waals surface area contributed by atoms with Gasteiger partial charge in [-0.15, -0.1) is 0 Å². The van der Waals surface area contributed by atoms with E-state index < -0.39 is 0 Å². The highest BCUT2D eigenvalue weighted by Gasteiger charge is 2.22. The van der Waals surface area contributed by atoms with Gasteiger partial charge in [0.15, 0.2) is 0 Å². The number of nitrogens with zero attached hydrogens (tertiary/aromatic N) is 1. The van der Waals surface area contributed by atoms with Crippen molar-refractivity contribution < 1.29 is 4.79 Å². The van der Waals surface area contributed by atoms with Crippen LogP contribution in [0.2, 0.25) is 0 Å². The van der Waals surface area contributed by atoms with Gasteiger partial charge >= 0.3 is 0 Å². The zero-order valence-electron chi connectivity index (χ0n) is 15.4. The fraction of sp³-hybridized carbons (Fsp3) is 0.409. The molecule has 0 radical (unpaired) electrons. The third kappa shape index (κ3) is 5.60. The molecule has 0 spiro atoms. The number of piperidine rings is 1.